The number of hydrogen-bond donors (Lipinski definition) is 1. The van der Waals surface area contributed by atoms with Crippen molar-refractivity contribution < 1.29 is 45.8 Å². The summed E-state index contributed by atoms with van der Waals surface area (Å²) < 4.78 is 86.6. The van der Waals surface area contributed by atoms with E-state index in [2.05, 4.69) is 0 Å². The highest BCUT2D eigenvalue weighted by Gasteiger charge is 2.40. The molecular weight excluding hydrogens is 564 g/mol. The molecule has 0 aromatic heterocycles. The van der Waals surface area contributed by atoms with Crippen LogP contribution in [0.1, 0.15) is 53.0 Å². The number of carbonyl (C=O) groups is 2. The number of benzene rings is 3. The summed E-state index contributed by atoms with van der Waals surface area (Å²) >= 11 is 0. The summed E-state index contributed by atoms with van der Waals surface area (Å²) in [5.74, 6) is -2.23. The molecule has 5 nitrogen and oxygen atoms in total. The van der Waals surface area contributed by atoms with Gasteiger partial charge < -0.3 is 14.7 Å². The molecule has 0 unspecified atom stereocenters. The normalized spacial score (nSPS) is 17.8. The third kappa shape index (κ3) is 7.90. The summed E-state index contributed by atoms with van der Waals surface area (Å²) in [7, 11) is 0. The van der Waals surface area contributed by atoms with Crippen LogP contribution >= 0.6 is 0 Å². The molecule has 1 N–H and O–H groups in total. The van der Waals surface area contributed by atoms with Crippen molar-refractivity contribution in [3.63, 3.8) is 0 Å². The Morgan fingerprint density at radius 3 is 1.83 bits per heavy atom. The molecule has 1 aliphatic rings. The van der Waals surface area contributed by atoms with Gasteiger partial charge in [-0.15, -0.1) is 0 Å². The lowest BCUT2D eigenvalue weighted by molar-refractivity contribution is -0.144. The van der Waals surface area contributed by atoms with Crippen molar-refractivity contribution in [3.05, 3.63) is 107 Å². The summed E-state index contributed by atoms with van der Waals surface area (Å²) in [5.41, 5.74) is -1.33. The summed E-state index contributed by atoms with van der Waals surface area (Å²) in [6, 6.07) is 20.1. The van der Waals surface area contributed by atoms with Crippen LogP contribution in [0.2, 0.25) is 0 Å². The van der Waals surface area contributed by atoms with Crippen LogP contribution in [0.15, 0.2) is 78.9 Å². The second-order valence-electron chi connectivity index (χ2n) is 10.2. The number of carboxylic acid groups (broad SMARTS) is 1. The number of nitrogens with zero attached hydrogens (tertiary/aromatic N) is 1. The molecule has 1 fully saturated rings. The van der Waals surface area contributed by atoms with Crippen molar-refractivity contribution in [1.29, 1.82) is 0 Å². The lowest BCUT2D eigenvalue weighted by Gasteiger charge is -2.42. The van der Waals surface area contributed by atoms with Gasteiger partial charge in [-0.1, -0.05) is 60.7 Å². The van der Waals surface area contributed by atoms with E-state index in [1.807, 2.05) is 60.7 Å². The van der Waals surface area contributed by atoms with Gasteiger partial charge in [0.05, 0.1) is 30.3 Å². The van der Waals surface area contributed by atoms with Gasteiger partial charge in [-0.2, -0.15) is 26.3 Å². The molecule has 4 rings (SSSR count). The van der Waals surface area contributed by atoms with Gasteiger partial charge in [0.25, 0.3) is 0 Å². The number of hydrogen-bond acceptors (Lipinski definition) is 3. The van der Waals surface area contributed by atoms with Crippen LogP contribution in [0.3, 0.4) is 0 Å². The predicted octanol–water partition coefficient (Wildman–Crippen LogP) is 7.15. The highest BCUT2D eigenvalue weighted by atomic mass is 19.4. The molecule has 0 bridgehead atoms. The first-order valence-corrected chi connectivity index (χ1v) is 13.3. The van der Waals surface area contributed by atoms with Gasteiger partial charge in [-0.25, -0.2) is 0 Å². The van der Waals surface area contributed by atoms with E-state index in [0.29, 0.717) is 12.1 Å². The number of likely N-dealkylation sites (tertiary alicyclic amines) is 1. The zero-order chi connectivity index (χ0) is 30.5. The Hall–Kier alpha value is -3.86. The zero-order valence-electron chi connectivity index (χ0n) is 22.4. The Morgan fingerprint density at radius 1 is 0.833 bits per heavy atom. The number of amides is 1. The van der Waals surface area contributed by atoms with Crippen molar-refractivity contribution in [2.45, 2.75) is 50.2 Å². The average Bonchev–Trinajstić information content (AvgIpc) is 2.95. The van der Waals surface area contributed by atoms with Gasteiger partial charge in [-0.3, -0.25) is 9.59 Å². The Bertz CT molecular complexity index is 1290. The van der Waals surface area contributed by atoms with Crippen molar-refractivity contribution in [3.8, 4) is 0 Å². The maximum atomic E-state index is 13.4. The summed E-state index contributed by atoms with van der Waals surface area (Å²) in [4.78, 5) is 25.5. The molecule has 11 heteroatoms. The van der Waals surface area contributed by atoms with Crippen molar-refractivity contribution >= 4 is 11.9 Å². The Kier molecular flexibility index (Phi) is 9.60. The lowest BCUT2D eigenvalue weighted by Crippen LogP contribution is -2.49. The monoisotopic (exact) mass is 593 g/mol. The van der Waals surface area contributed by atoms with Crippen LogP contribution in [0, 0.1) is 5.92 Å². The highest BCUT2D eigenvalue weighted by molar-refractivity contribution is 5.80. The number of rotatable bonds is 9. The number of alkyl halides is 6. The van der Waals surface area contributed by atoms with E-state index in [9.17, 15) is 35.9 Å². The molecule has 0 aliphatic carbocycles. The van der Waals surface area contributed by atoms with Crippen molar-refractivity contribution in [2.24, 2.45) is 5.92 Å². The molecule has 0 saturated carbocycles. The molecular formula is C31H29F6NO4. The van der Waals surface area contributed by atoms with Crippen LogP contribution in [-0.2, 0) is 33.3 Å². The lowest BCUT2D eigenvalue weighted by atomic mass is 9.75. The molecule has 1 saturated heterocycles. The number of piperidine rings is 1. The average molecular weight is 594 g/mol. The van der Waals surface area contributed by atoms with Crippen LogP contribution in [0.4, 0.5) is 26.3 Å². The highest BCUT2D eigenvalue weighted by Crippen LogP contribution is 2.40. The SMILES string of the molecule is O=C(O)CCC(=O)N1CC[C@@H](OCc2cc(C(F)(F)F)cc(C(F)(F)F)c2)[C@@H](C(c2ccccc2)c2ccccc2)C1. The fourth-order valence-corrected chi connectivity index (χ4v) is 5.40. The van der Waals surface area contributed by atoms with Crippen LogP contribution < -0.4 is 0 Å². The quantitative estimate of drug-likeness (QED) is 0.268. The van der Waals surface area contributed by atoms with E-state index in [1.165, 1.54) is 0 Å². The minimum atomic E-state index is -4.98. The fraction of sp³-hybridized carbons (Fsp3) is 0.355. The molecule has 0 radical (unpaired) electrons. The van der Waals surface area contributed by atoms with Gasteiger partial charge >= 0.3 is 18.3 Å². The smallest absolute Gasteiger partial charge is 0.416 e. The molecule has 0 spiro atoms. The molecule has 42 heavy (non-hydrogen) atoms. The van der Waals surface area contributed by atoms with Crippen LogP contribution in [0.5, 0.6) is 0 Å². The molecule has 1 amide bonds. The van der Waals surface area contributed by atoms with E-state index in [0.717, 1.165) is 11.1 Å². The van der Waals surface area contributed by atoms with E-state index >= 15 is 0 Å². The second-order valence-corrected chi connectivity index (χ2v) is 10.2. The third-order valence-corrected chi connectivity index (χ3v) is 7.35. The van der Waals surface area contributed by atoms with Gasteiger partial charge in [-0.05, 0) is 41.3 Å². The molecule has 3 aromatic carbocycles. The van der Waals surface area contributed by atoms with Crippen molar-refractivity contribution in [2.75, 3.05) is 13.1 Å². The first-order chi connectivity index (χ1) is 19.8. The Morgan fingerprint density at radius 2 is 1.36 bits per heavy atom. The maximum Gasteiger partial charge on any atom is 0.416 e. The summed E-state index contributed by atoms with van der Waals surface area (Å²) in [6.07, 6.45) is -10.9. The summed E-state index contributed by atoms with van der Waals surface area (Å²) in [6.45, 7) is -0.141. The molecule has 2 atom stereocenters. The fourth-order valence-electron chi connectivity index (χ4n) is 5.40. The van der Waals surface area contributed by atoms with E-state index in [-0.39, 0.29) is 55.8 Å². The molecule has 1 aliphatic heterocycles. The van der Waals surface area contributed by atoms with E-state index < -0.39 is 48.1 Å². The van der Waals surface area contributed by atoms with E-state index in [1.54, 1.807) is 4.90 Å². The first-order valence-electron chi connectivity index (χ1n) is 13.3. The number of carboxylic acids is 1. The number of carbonyl (C=O) groups excluding carboxylic acids is 1. The van der Waals surface area contributed by atoms with Crippen LogP contribution in [-0.4, -0.2) is 41.1 Å². The van der Waals surface area contributed by atoms with Gasteiger partial charge in [0.1, 0.15) is 0 Å². The molecule has 1 heterocycles. The van der Waals surface area contributed by atoms with Gasteiger partial charge in [0.15, 0.2) is 0 Å². The largest absolute Gasteiger partial charge is 0.481 e. The Balaban J connectivity index is 1.68. The number of halogens is 6. The Labute approximate surface area is 238 Å². The minimum absolute atomic E-state index is 0.0777. The standard InChI is InChI=1S/C31H29F6NO4/c32-30(33,34)23-15-20(16-24(17-23)31(35,36)37)19-42-26-13-14-38(27(39)11-12-28(40)41)18-25(26)29(21-7-3-1-4-8-21)22-9-5-2-6-10-22/h1-10,15-17,25-26,29H,11-14,18-19H2,(H,40,41)/t25-,26+/m0/s1. The maximum absolute atomic E-state index is 13.4. The number of aliphatic carboxylic acids is 1. The third-order valence-electron chi connectivity index (χ3n) is 7.35. The van der Waals surface area contributed by atoms with Crippen molar-refractivity contribution in [1.82, 2.24) is 4.90 Å². The van der Waals surface area contributed by atoms with Gasteiger partial charge in [0, 0.05) is 31.3 Å². The molecule has 224 valence electrons. The minimum Gasteiger partial charge on any atom is -0.481 e. The topological polar surface area (TPSA) is 66.8 Å². The second kappa shape index (κ2) is 13.0. The summed E-state index contributed by atoms with van der Waals surface area (Å²) in [5, 5.41) is 9.03. The van der Waals surface area contributed by atoms with Gasteiger partial charge in [0.2, 0.25) is 5.91 Å². The molecule has 3 aromatic rings. The number of ether oxygens (including phenoxy) is 1. The zero-order valence-corrected chi connectivity index (χ0v) is 22.4. The predicted molar refractivity (Wildman–Crippen MR) is 141 cm³/mol. The van der Waals surface area contributed by atoms with E-state index in [4.69, 9.17) is 9.84 Å². The van der Waals surface area contributed by atoms with Crippen LogP contribution in [0.25, 0.3) is 0 Å². The first kappa shape index (κ1) is 31.1.